The molecular weight excluding hydrogens is 268 g/mol. The van der Waals surface area contributed by atoms with E-state index in [1.807, 2.05) is 0 Å². The number of Topliss-reactive ketones (excluding diaryl/α,β-unsaturated/α-hetero) is 2. The van der Waals surface area contributed by atoms with Crippen molar-refractivity contribution >= 4 is 29.1 Å². The summed E-state index contributed by atoms with van der Waals surface area (Å²) in [6.45, 7) is 4.86. The van der Waals surface area contributed by atoms with E-state index in [0.29, 0.717) is 10.6 Å². The smallest absolute Gasteiger partial charge is 0.375 e. The molecule has 0 fully saturated rings. The third kappa shape index (κ3) is 3.64. The highest BCUT2D eigenvalue weighted by atomic mass is 35.5. The molecule has 0 N–H and O–H groups in total. The Balaban J connectivity index is 2.90. The van der Waals surface area contributed by atoms with E-state index >= 15 is 0 Å². The molecule has 0 aliphatic carbocycles. The van der Waals surface area contributed by atoms with Crippen molar-refractivity contribution in [3.63, 3.8) is 0 Å². The Morgan fingerprint density at radius 2 is 1.95 bits per heavy atom. The number of hydrogen-bond acceptors (Lipinski definition) is 4. The van der Waals surface area contributed by atoms with Crippen molar-refractivity contribution in [2.45, 2.75) is 20.8 Å². The van der Waals surface area contributed by atoms with Crippen molar-refractivity contribution in [2.75, 3.05) is 6.61 Å². The average Bonchev–Trinajstić information content (AvgIpc) is 2.39. The molecule has 0 aromatic heterocycles. The number of ketones is 2. The van der Waals surface area contributed by atoms with Crippen LogP contribution in [0.25, 0.3) is 0 Å². The monoisotopic (exact) mass is 282 g/mol. The predicted octanol–water partition coefficient (Wildman–Crippen LogP) is 2.60. The van der Waals surface area contributed by atoms with Gasteiger partial charge in [0.25, 0.3) is 5.78 Å². The molecule has 1 aromatic rings. The normalized spacial score (nSPS) is 11.8. The van der Waals surface area contributed by atoms with Crippen LogP contribution in [-0.4, -0.2) is 24.1 Å². The van der Waals surface area contributed by atoms with Crippen LogP contribution in [-0.2, 0) is 14.3 Å². The average molecular weight is 283 g/mol. The minimum absolute atomic E-state index is 0.103. The first-order valence-corrected chi connectivity index (χ1v) is 6.27. The van der Waals surface area contributed by atoms with Crippen LogP contribution < -0.4 is 0 Å². The third-order valence-corrected chi connectivity index (χ3v) is 3.13. The van der Waals surface area contributed by atoms with Gasteiger partial charge in [-0.2, -0.15) is 0 Å². The highest BCUT2D eigenvalue weighted by Crippen LogP contribution is 2.19. The lowest BCUT2D eigenvalue weighted by Crippen LogP contribution is -2.29. The van der Waals surface area contributed by atoms with Crippen molar-refractivity contribution in [3.8, 4) is 0 Å². The number of hydrogen-bond donors (Lipinski definition) is 0. The van der Waals surface area contributed by atoms with Gasteiger partial charge in [0.15, 0.2) is 5.78 Å². The summed E-state index contributed by atoms with van der Waals surface area (Å²) in [5.74, 6) is -3.29. The first kappa shape index (κ1) is 15.4. The molecule has 4 nitrogen and oxygen atoms in total. The Hall–Kier alpha value is -1.68. The molecule has 0 heterocycles. The standard InChI is InChI=1S/C14H15ClO4/c1-4-19-14(18)13(17)9(3)12(16)10-5-6-11(15)8(2)7-10/h5-7,9H,4H2,1-3H3. The van der Waals surface area contributed by atoms with Gasteiger partial charge in [-0.3, -0.25) is 9.59 Å². The van der Waals surface area contributed by atoms with Gasteiger partial charge in [0.1, 0.15) is 0 Å². The minimum Gasteiger partial charge on any atom is -0.460 e. The summed E-state index contributed by atoms with van der Waals surface area (Å²) in [5, 5.41) is 0.543. The van der Waals surface area contributed by atoms with Gasteiger partial charge in [-0.15, -0.1) is 0 Å². The Morgan fingerprint density at radius 3 is 2.47 bits per heavy atom. The van der Waals surface area contributed by atoms with Crippen LogP contribution >= 0.6 is 11.6 Å². The molecule has 5 heteroatoms. The van der Waals surface area contributed by atoms with Gasteiger partial charge in [0.2, 0.25) is 0 Å². The number of carbonyl (C=O) groups excluding carboxylic acids is 3. The number of carbonyl (C=O) groups is 3. The highest BCUT2D eigenvalue weighted by Gasteiger charge is 2.29. The van der Waals surface area contributed by atoms with Crippen LogP contribution in [0.4, 0.5) is 0 Å². The lowest BCUT2D eigenvalue weighted by atomic mass is 9.94. The second-order valence-electron chi connectivity index (χ2n) is 4.13. The van der Waals surface area contributed by atoms with Crippen LogP contribution in [0.2, 0.25) is 5.02 Å². The van der Waals surface area contributed by atoms with E-state index in [1.54, 1.807) is 26.0 Å². The molecule has 0 amide bonds. The number of benzene rings is 1. The molecule has 0 radical (unpaired) electrons. The molecule has 1 atom stereocenters. The van der Waals surface area contributed by atoms with Gasteiger partial charge < -0.3 is 4.74 Å². The first-order chi connectivity index (χ1) is 8.88. The molecule has 1 rings (SSSR count). The summed E-state index contributed by atoms with van der Waals surface area (Å²) in [6, 6.07) is 4.72. The summed E-state index contributed by atoms with van der Waals surface area (Å²) in [6.07, 6.45) is 0. The summed E-state index contributed by atoms with van der Waals surface area (Å²) in [7, 11) is 0. The van der Waals surface area contributed by atoms with Crippen LogP contribution in [0.3, 0.4) is 0 Å². The molecule has 0 saturated carbocycles. The van der Waals surface area contributed by atoms with Gasteiger partial charge >= 0.3 is 5.97 Å². The highest BCUT2D eigenvalue weighted by molar-refractivity contribution is 6.39. The lowest BCUT2D eigenvalue weighted by molar-refractivity contribution is -0.154. The second-order valence-corrected chi connectivity index (χ2v) is 4.54. The topological polar surface area (TPSA) is 60.4 Å². The van der Waals surface area contributed by atoms with Gasteiger partial charge in [0.05, 0.1) is 12.5 Å². The second kappa shape index (κ2) is 6.48. The van der Waals surface area contributed by atoms with Crippen LogP contribution in [0.1, 0.15) is 29.8 Å². The zero-order chi connectivity index (χ0) is 14.6. The molecule has 0 aliphatic heterocycles. The maximum Gasteiger partial charge on any atom is 0.375 e. The molecule has 19 heavy (non-hydrogen) atoms. The fourth-order valence-corrected chi connectivity index (χ4v) is 1.66. The summed E-state index contributed by atoms with van der Waals surface area (Å²) in [4.78, 5) is 35.1. The third-order valence-electron chi connectivity index (χ3n) is 2.71. The van der Waals surface area contributed by atoms with Crippen molar-refractivity contribution in [2.24, 2.45) is 5.92 Å². The fraction of sp³-hybridized carbons (Fsp3) is 0.357. The summed E-state index contributed by atoms with van der Waals surface area (Å²) < 4.78 is 4.59. The number of aryl methyl sites for hydroxylation is 1. The van der Waals surface area contributed by atoms with Crippen LogP contribution in [0.5, 0.6) is 0 Å². The molecule has 0 saturated heterocycles. The molecule has 0 aliphatic rings. The van der Waals surface area contributed by atoms with E-state index in [0.717, 1.165) is 5.56 Å². The Bertz CT molecular complexity index is 522. The molecule has 1 aromatic carbocycles. The van der Waals surface area contributed by atoms with Crippen molar-refractivity contribution in [1.82, 2.24) is 0 Å². The van der Waals surface area contributed by atoms with Crippen LogP contribution in [0.15, 0.2) is 18.2 Å². The lowest BCUT2D eigenvalue weighted by Gasteiger charge is -2.09. The van der Waals surface area contributed by atoms with E-state index in [9.17, 15) is 14.4 Å². The van der Waals surface area contributed by atoms with E-state index in [-0.39, 0.29) is 6.61 Å². The molecule has 1 unspecified atom stereocenters. The zero-order valence-electron chi connectivity index (χ0n) is 11.0. The Labute approximate surface area is 116 Å². The number of esters is 1. The number of rotatable bonds is 5. The number of ether oxygens (including phenoxy) is 1. The molecular formula is C14H15ClO4. The summed E-state index contributed by atoms with van der Waals surface area (Å²) in [5.41, 5.74) is 1.09. The van der Waals surface area contributed by atoms with Crippen LogP contribution in [0, 0.1) is 12.8 Å². The van der Waals surface area contributed by atoms with Gasteiger partial charge in [0, 0.05) is 10.6 Å². The zero-order valence-corrected chi connectivity index (χ0v) is 11.8. The SMILES string of the molecule is CCOC(=O)C(=O)C(C)C(=O)c1ccc(Cl)c(C)c1. The van der Waals surface area contributed by atoms with Gasteiger partial charge in [-0.1, -0.05) is 11.6 Å². The Kier molecular flexibility index (Phi) is 5.24. The van der Waals surface area contributed by atoms with Gasteiger partial charge in [-0.25, -0.2) is 4.79 Å². The van der Waals surface area contributed by atoms with E-state index in [2.05, 4.69) is 4.74 Å². The maximum atomic E-state index is 12.1. The van der Waals surface area contributed by atoms with Gasteiger partial charge in [-0.05, 0) is 44.5 Å². The minimum atomic E-state index is -1.06. The fourth-order valence-electron chi connectivity index (χ4n) is 1.55. The predicted molar refractivity (Wildman–Crippen MR) is 71.3 cm³/mol. The quantitative estimate of drug-likeness (QED) is 0.360. The molecule has 0 bridgehead atoms. The molecule has 102 valence electrons. The maximum absolute atomic E-state index is 12.1. The van der Waals surface area contributed by atoms with E-state index < -0.39 is 23.5 Å². The van der Waals surface area contributed by atoms with E-state index in [1.165, 1.54) is 13.0 Å². The van der Waals surface area contributed by atoms with E-state index in [4.69, 9.17) is 11.6 Å². The van der Waals surface area contributed by atoms with Crippen molar-refractivity contribution in [3.05, 3.63) is 34.3 Å². The Morgan fingerprint density at radius 1 is 1.32 bits per heavy atom. The van der Waals surface area contributed by atoms with Crippen molar-refractivity contribution in [1.29, 1.82) is 0 Å². The number of halogens is 1. The van der Waals surface area contributed by atoms with Crippen molar-refractivity contribution < 1.29 is 19.1 Å². The largest absolute Gasteiger partial charge is 0.460 e. The first-order valence-electron chi connectivity index (χ1n) is 5.89. The molecule has 0 spiro atoms. The summed E-state index contributed by atoms with van der Waals surface area (Å²) >= 11 is 5.87.